The second-order valence-corrected chi connectivity index (χ2v) is 8.69. The first-order valence-electron chi connectivity index (χ1n) is 10.6. The van der Waals surface area contributed by atoms with Crippen LogP contribution >= 0.6 is 11.3 Å². The highest BCUT2D eigenvalue weighted by atomic mass is 32.1. The number of carbonyl (C=O) groups is 2. The van der Waals surface area contributed by atoms with E-state index >= 15 is 0 Å². The first kappa shape index (κ1) is 21.3. The molecule has 1 N–H and O–H groups in total. The zero-order chi connectivity index (χ0) is 21.6. The average molecular weight is 434 g/mol. The van der Waals surface area contributed by atoms with Crippen molar-refractivity contribution in [2.45, 2.75) is 19.0 Å². The summed E-state index contributed by atoms with van der Waals surface area (Å²) in [5.74, 6) is 0.0794. The number of nitrogens with one attached hydrogen (secondary N) is 1. The molecule has 1 aliphatic heterocycles. The van der Waals surface area contributed by atoms with E-state index < -0.39 is 0 Å². The molecular weight excluding hydrogens is 406 g/mol. The van der Waals surface area contributed by atoms with Crippen LogP contribution in [-0.2, 0) is 4.79 Å². The average Bonchev–Trinajstić information content (AvgIpc) is 3.38. The SMILES string of the molecule is CC(C(=O)NC(c1ccccc1)c1ccccc1)N1CCN(C(=O)c2cccs2)CC1. The molecule has 0 bridgehead atoms. The molecule has 1 unspecified atom stereocenters. The lowest BCUT2D eigenvalue weighted by Gasteiger charge is -2.37. The fourth-order valence-corrected chi connectivity index (χ4v) is 4.64. The standard InChI is InChI=1S/C25H27N3O2S/c1-19(27-14-16-28(17-15-27)25(30)22-13-8-18-31-22)24(29)26-23(20-9-4-2-5-10-20)21-11-6-3-7-12-21/h2-13,18-19,23H,14-17H2,1H3,(H,26,29). The van der Waals surface area contributed by atoms with Crippen molar-refractivity contribution in [2.75, 3.05) is 26.2 Å². The molecule has 160 valence electrons. The van der Waals surface area contributed by atoms with Gasteiger partial charge in [-0.15, -0.1) is 11.3 Å². The number of rotatable bonds is 6. The predicted molar refractivity (Wildman–Crippen MR) is 124 cm³/mol. The molecular formula is C25H27N3O2S. The molecule has 0 aliphatic carbocycles. The fraction of sp³-hybridized carbons (Fsp3) is 0.280. The number of piperazine rings is 1. The minimum absolute atomic E-state index is 0.00394. The molecule has 1 fully saturated rings. The number of hydrogen-bond donors (Lipinski definition) is 1. The van der Waals surface area contributed by atoms with Gasteiger partial charge >= 0.3 is 0 Å². The highest BCUT2D eigenvalue weighted by molar-refractivity contribution is 7.12. The van der Waals surface area contributed by atoms with Crippen molar-refractivity contribution in [3.8, 4) is 0 Å². The molecule has 1 aromatic heterocycles. The third kappa shape index (κ3) is 5.03. The minimum atomic E-state index is -0.270. The zero-order valence-electron chi connectivity index (χ0n) is 17.6. The Hall–Kier alpha value is -2.96. The van der Waals surface area contributed by atoms with E-state index in [0.29, 0.717) is 26.2 Å². The maximum Gasteiger partial charge on any atom is 0.264 e. The molecule has 1 saturated heterocycles. The summed E-state index contributed by atoms with van der Waals surface area (Å²) >= 11 is 1.47. The van der Waals surface area contributed by atoms with Crippen LogP contribution in [0.5, 0.6) is 0 Å². The Morgan fingerprint density at radius 3 is 1.94 bits per heavy atom. The Morgan fingerprint density at radius 2 is 1.42 bits per heavy atom. The number of carbonyl (C=O) groups excluding carboxylic acids is 2. The van der Waals surface area contributed by atoms with Crippen molar-refractivity contribution < 1.29 is 9.59 Å². The van der Waals surface area contributed by atoms with Gasteiger partial charge in [0.25, 0.3) is 5.91 Å². The maximum absolute atomic E-state index is 13.2. The third-order valence-corrected chi connectivity index (χ3v) is 6.67. The van der Waals surface area contributed by atoms with Gasteiger partial charge in [-0.2, -0.15) is 0 Å². The molecule has 1 atom stereocenters. The van der Waals surface area contributed by atoms with Gasteiger partial charge in [-0.1, -0.05) is 66.7 Å². The molecule has 0 spiro atoms. The second kappa shape index (κ2) is 9.90. The molecule has 0 saturated carbocycles. The van der Waals surface area contributed by atoms with E-state index in [4.69, 9.17) is 0 Å². The number of hydrogen-bond acceptors (Lipinski definition) is 4. The summed E-state index contributed by atoms with van der Waals surface area (Å²) in [6, 6.07) is 23.4. The summed E-state index contributed by atoms with van der Waals surface area (Å²) in [5.41, 5.74) is 2.11. The van der Waals surface area contributed by atoms with Crippen LogP contribution in [0.1, 0.15) is 33.8 Å². The minimum Gasteiger partial charge on any atom is -0.344 e. The summed E-state index contributed by atoms with van der Waals surface area (Å²) in [7, 11) is 0. The van der Waals surface area contributed by atoms with Gasteiger partial charge in [-0.3, -0.25) is 14.5 Å². The Balaban J connectivity index is 1.40. The van der Waals surface area contributed by atoms with Gasteiger partial charge in [0.05, 0.1) is 17.0 Å². The van der Waals surface area contributed by atoms with E-state index in [1.807, 2.05) is 90.0 Å². The molecule has 2 aromatic carbocycles. The number of thiophene rings is 1. The Labute approximate surface area is 187 Å². The molecule has 3 aromatic rings. The van der Waals surface area contributed by atoms with Gasteiger partial charge in [0.1, 0.15) is 0 Å². The van der Waals surface area contributed by atoms with Crippen LogP contribution in [0.2, 0.25) is 0 Å². The van der Waals surface area contributed by atoms with Crippen LogP contribution in [-0.4, -0.2) is 53.8 Å². The van der Waals surface area contributed by atoms with E-state index in [9.17, 15) is 9.59 Å². The predicted octanol–water partition coefficient (Wildman–Crippen LogP) is 3.80. The van der Waals surface area contributed by atoms with Crippen LogP contribution in [0.3, 0.4) is 0 Å². The van der Waals surface area contributed by atoms with Crippen molar-refractivity contribution >= 4 is 23.2 Å². The summed E-state index contributed by atoms with van der Waals surface area (Å²) in [4.78, 5) is 30.5. The van der Waals surface area contributed by atoms with Gasteiger partial charge in [-0.25, -0.2) is 0 Å². The third-order valence-electron chi connectivity index (χ3n) is 5.81. The molecule has 5 nitrogen and oxygen atoms in total. The molecule has 0 radical (unpaired) electrons. The fourth-order valence-electron chi connectivity index (χ4n) is 3.95. The van der Waals surface area contributed by atoms with E-state index in [0.717, 1.165) is 16.0 Å². The topological polar surface area (TPSA) is 52.7 Å². The molecule has 2 amide bonds. The lowest BCUT2D eigenvalue weighted by molar-refractivity contribution is -0.126. The summed E-state index contributed by atoms with van der Waals surface area (Å²) in [6.07, 6.45) is 0. The Kier molecular flexibility index (Phi) is 6.79. The van der Waals surface area contributed by atoms with Crippen LogP contribution in [0.25, 0.3) is 0 Å². The quantitative estimate of drug-likeness (QED) is 0.643. The summed E-state index contributed by atoms with van der Waals surface area (Å²) in [5, 5.41) is 5.17. The molecule has 4 rings (SSSR count). The van der Waals surface area contributed by atoms with Gasteiger partial charge in [-0.05, 0) is 29.5 Å². The normalized spacial score (nSPS) is 15.6. The first-order valence-corrected chi connectivity index (χ1v) is 11.5. The Morgan fingerprint density at radius 1 is 0.839 bits per heavy atom. The highest BCUT2D eigenvalue weighted by Gasteiger charge is 2.29. The Bertz CT molecular complexity index is 945. The van der Waals surface area contributed by atoms with E-state index in [1.54, 1.807) is 0 Å². The van der Waals surface area contributed by atoms with Crippen molar-refractivity contribution in [3.05, 3.63) is 94.2 Å². The summed E-state index contributed by atoms with van der Waals surface area (Å²) < 4.78 is 0. The largest absolute Gasteiger partial charge is 0.344 e. The van der Waals surface area contributed by atoms with Gasteiger partial charge in [0.15, 0.2) is 0 Å². The molecule has 1 aliphatic rings. The van der Waals surface area contributed by atoms with Gasteiger partial charge < -0.3 is 10.2 Å². The van der Waals surface area contributed by atoms with E-state index in [1.165, 1.54) is 11.3 Å². The van der Waals surface area contributed by atoms with Crippen LogP contribution in [0.4, 0.5) is 0 Å². The maximum atomic E-state index is 13.2. The molecule has 31 heavy (non-hydrogen) atoms. The number of nitrogens with zero attached hydrogens (tertiary/aromatic N) is 2. The van der Waals surface area contributed by atoms with E-state index in [-0.39, 0.29) is 23.9 Å². The van der Waals surface area contributed by atoms with Crippen LogP contribution in [0.15, 0.2) is 78.2 Å². The van der Waals surface area contributed by atoms with Crippen LogP contribution < -0.4 is 5.32 Å². The highest BCUT2D eigenvalue weighted by Crippen LogP contribution is 2.22. The molecule has 2 heterocycles. The lowest BCUT2D eigenvalue weighted by Crippen LogP contribution is -2.55. The van der Waals surface area contributed by atoms with Gasteiger partial charge in [0.2, 0.25) is 5.91 Å². The monoisotopic (exact) mass is 433 g/mol. The van der Waals surface area contributed by atoms with Crippen molar-refractivity contribution in [2.24, 2.45) is 0 Å². The smallest absolute Gasteiger partial charge is 0.264 e. The number of benzene rings is 2. The van der Waals surface area contributed by atoms with Crippen molar-refractivity contribution in [1.82, 2.24) is 15.1 Å². The first-order chi connectivity index (χ1) is 15.1. The van der Waals surface area contributed by atoms with Crippen molar-refractivity contribution in [3.63, 3.8) is 0 Å². The van der Waals surface area contributed by atoms with Gasteiger partial charge in [0, 0.05) is 26.2 Å². The zero-order valence-corrected chi connectivity index (χ0v) is 18.4. The van der Waals surface area contributed by atoms with Crippen LogP contribution in [0, 0.1) is 0 Å². The number of amides is 2. The lowest BCUT2D eigenvalue weighted by atomic mass is 9.98. The summed E-state index contributed by atoms with van der Waals surface area (Å²) in [6.45, 7) is 4.59. The van der Waals surface area contributed by atoms with Crippen molar-refractivity contribution in [1.29, 1.82) is 0 Å². The van der Waals surface area contributed by atoms with E-state index in [2.05, 4.69) is 10.2 Å². The molecule has 6 heteroatoms. The second-order valence-electron chi connectivity index (χ2n) is 7.74.